The van der Waals surface area contributed by atoms with Gasteiger partial charge in [0.25, 0.3) is 0 Å². The third-order valence-corrected chi connectivity index (χ3v) is 3.23. The molecule has 0 aliphatic heterocycles. The first-order valence-electron chi connectivity index (χ1n) is 5.19. The first-order valence-corrected chi connectivity index (χ1v) is 6.24. The summed E-state index contributed by atoms with van der Waals surface area (Å²) in [6, 6.07) is -0.114. The van der Waals surface area contributed by atoms with Crippen LogP contribution in [0.1, 0.15) is 20.3 Å². The zero-order chi connectivity index (χ0) is 13.4. The number of nitrogens with one attached hydrogen (secondary N) is 1. The van der Waals surface area contributed by atoms with Crippen molar-refractivity contribution in [1.82, 2.24) is 5.32 Å². The Hall–Kier alpha value is -1.08. The van der Waals surface area contributed by atoms with Gasteiger partial charge in [0.1, 0.15) is 5.78 Å². The molecule has 0 aromatic rings. The van der Waals surface area contributed by atoms with Crippen molar-refractivity contribution in [2.45, 2.75) is 31.6 Å². The van der Waals surface area contributed by atoms with Gasteiger partial charge >= 0.3 is 5.97 Å². The van der Waals surface area contributed by atoms with E-state index >= 15 is 0 Å². The molecular weight excluding hydrogens is 244 g/mol. The molecule has 1 amide bonds. The standard InChI is InChI=1S/C10H18N2O4S/c1-6(11)5-17-8(3-9(14)15)10(16)12-4-7(2)13/h6,8H,3-5,11H2,1-2H3,(H,12,16)(H,14,15)/t6-,8?/m1/s1. The van der Waals surface area contributed by atoms with Crippen molar-refractivity contribution in [3.63, 3.8) is 0 Å². The zero-order valence-electron chi connectivity index (χ0n) is 9.93. The van der Waals surface area contributed by atoms with Crippen molar-refractivity contribution < 1.29 is 19.5 Å². The van der Waals surface area contributed by atoms with Crippen LogP contribution in [-0.4, -0.2) is 46.4 Å². The van der Waals surface area contributed by atoms with E-state index in [1.54, 1.807) is 6.92 Å². The highest BCUT2D eigenvalue weighted by Gasteiger charge is 2.22. The highest BCUT2D eigenvalue weighted by molar-refractivity contribution is 8.00. The van der Waals surface area contributed by atoms with E-state index in [1.165, 1.54) is 18.7 Å². The molecule has 2 atom stereocenters. The second-order valence-corrected chi connectivity index (χ2v) is 5.05. The Morgan fingerprint density at radius 2 is 2.00 bits per heavy atom. The molecule has 0 spiro atoms. The molecule has 0 aromatic heterocycles. The minimum atomic E-state index is -1.05. The molecule has 0 saturated heterocycles. The number of amides is 1. The lowest BCUT2D eigenvalue weighted by Gasteiger charge is -2.15. The molecule has 0 rings (SSSR count). The number of ketones is 1. The van der Waals surface area contributed by atoms with Crippen LogP contribution in [-0.2, 0) is 14.4 Å². The normalized spacial score (nSPS) is 13.8. The first kappa shape index (κ1) is 15.9. The van der Waals surface area contributed by atoms with E-state index in [2.05, 4.69) is 5.32 Å². The summed E-state index contributed by atoms with van der Waals surface area (Å²) < 4.78 is 0. The van der Waals surface area contributed by atoms with Gasteiger partial charge in [0.15, 0.2) is 0 Å². The van der Waals surface area contributed by atoms with Crippen LogP contribution in [0.3, 0.4) is 0 Å². The van der Waals surface area contributed by atoms with Crippen LogP contribution in [0.15, 0.2) is 0 Å². The molecule has 7 heteroatoms. The zero-order valence-corrected chi connectivity index (χ0v) is 10.8. The van der Waals surface area contributed by atoms with Crippen molar-refractivity contribution in [3.8, 4) is 0 Å². The molecule has 0 saturated carbocycles. The smallest absolute Gasteiger partial charge is 0.305 e. The second kappa shape index (κ2) is 8.08. The topological polar surface area (TPSA) is 109 Å². The van der Waals surface area contributed by atoms with Gasteiger partial charge in [0.2, 0.25) is 5.91 Å². The van der Waals surface area contributed by atoms with Gasteiger partial charge in [-0.1, -0.05) is 0 Å². The quantitative estimate of drug-likeness (QED) is 0.550. The van der Waals surface area contributed by atoms with Gasteiger partial charge in [-0.05, 0) is 13.8 Å². The predicted molar refractivity (Wildman–Crippen MR) is 65.8 cm³/mol. The first-order chi connectivity index (χ1) is 7.82. The van der Waals surface area contributed by atoms with Crippen LogP contribution < -0.4 is 11.1 Å². The summed E-state index contributed by atoms with van der Waals surface area (Å²) in [6.45, 7) is 3.05. The summed E-state index contributed by atoms with van der Waals surface area (Å²) >= 11 is 1.19. The molecular formula is C10H18N2O4S. The number of carbonyl (C=O) groups is 3. The van der Waals surface area contributed by atoms with Gasteiger partial charge in [-0.3, -0.25) is 14.4 Å². The maximum absolute atomic E-state index is 11.6. The van der Waals surface area contributed by atoms with Crippen LogP contribution in [0, 0.1) is 0 Å². The summed E-state index contributed by atoms with van der Waals surface area (Å²) in [5, 5.41) is 10.4. The van der Waals surface area contributed by atoms with Crippen LogP contribution in [0.25, 0.3) is 0 Å². The Morgan fingerprint density at radius 1 is 1.41 bits per heavy atom. The summed E-state index contributed by atoms with van der Waals surface area (Å²) in [7, 11) is 0. The van der Waals surface area contributed by atoms with Crippen LogP contribution in [0.5, 0.6) is 0 Å². The molecule has 4 N–H and O–H groups in total. The number of thioether (sulfide) groups is 1. The van der Waals surface area contributed by atoms with E-state index in [1.807, 2.05) is 0 Å². The largest absolute Gasteiger partial charge is 0.481 e. The number of rotatable bonds is 8. The molecule has 6 nitrogen and oxygen atoms in total. The fourth-order valence-electron chi connectivity index (χ4n) is 0.979. The monoisotopic (exact) mass is 262 g/mol. The van der Waals surface area contributed by atoms with E-state index in [0.29, 0.717) is 5.75 Å². The number of hydrogen-bond donors (Lipinski definition) is 3. The van der Waals surface area contributed by atoms with Gasteiger partial charge in [0.05, 0.1) is 18.2 Å². The van der Waals surface area contributed by atoms with Crippen molar-refractivity contribution in [2.24, 2.45) is 5.73 Å². The number of Topliss-reactive ketones (excluding diaryl/α,β-unsaturated/α-hetero) is 1. The second-order valence-electron chi connectivity index (χ2n) is 3.82. The van der Waals surface area contributed by atoms with Crippen molar-refractivity contribution in [2.75, 3.05) is 12.3 Å². The van der Waals surface area contributed by atoms with E-state index in [4.69, 9.17) is 10.8 Å². The van der Waals surface area contributed by atoms with Gasteiger partial charge < -0.3 is 16.2 Å². The van der Waals surface area contributed by atoms with Crippen molar-refractivity contribution in [3.05, 3.63) is 0 Å². The highest BCUT2D eigenvalue weighted by Crippen LogP contribution is 2.15. The SMILES string of the molecule is CC(=O)CNC(=O)C(CC(=O)O)SC[C@@H](C)N. The van der Waals surface area contributed by atoms with Crippen LogP contribution in [0.4, 0.5) is 0 Å². The van der Waals surface area contributed by atoms with Crippen LogP contribution in [0.2, 0.25) is 0 Å². The lowest BCUT2D eigenvalue weighted by atomic mass is 10.3. The summed E-state index contributed by atoms with van der Waals surface area (Å²) in [6.07, 6.45) is -0.277. The Bertz CT molecular complexity index is 294. The number of carbonyl (C=O) groups excluding carboxylic acids is 2. The molecule has 0 aromatic carbocycles. The van der Waals surface area contributed by atoms with E-state index < -0.39 is 17.1 Å². The minimum absolute atomic E-state index is 0.0757. The number of nitrogens with two attached hydrogens (primary N) is 1. The maximum atomic E-state index is 11.6. The lowest BCUT2D eigenvalue weighted by molar-refractivity contribution is -0.138. The van der Waals surface area contributed by atoms with Gasteiger partial charge in [-0.15, -0.1) is 11.8 Å². The molecule has 0 heterocycles. The minimum Gasteiger partial charge on any atom is -0.481 e. The van der Waals surface area contributed by atoms with Crippen LogP contribution >= 0.6 is 11.8 Å². The van der Waals surface area contributed by atoms with E-state index in [0.717, 1.165) is 0 Å². The molecule has 1 unspecified atom stereocenters. The third kappa shape index (κ3) is 8.70. The van der Waals surface area contributed by atoms with Crippen molar-refractivity contribution >= 4 is 29.4 Å². The fourth-order valence-corrected chi connectivity index (χ4v) is 2.01. The fraction of sp³-hybridized carbons (Fsp3) is 0.700. The molecule has 17 heavy (non-hydrogen) atoms. The Kier molecular flexibility index (Phi) is 7.56. The Labute approximate surface area is 104 Å². The van der Waals surface area contributed by atoms with Gasteiger partial charge in [0, 0.05) is 11.8 Å². The average Bonchev–Trinajstić information content (AvgIpc) is 2.19. The number of carboxylic acids is 1. The van der Waals surface area contributed by atoms with Gasteiger partial charge in [-0.2, -0.15) is 0 Å². The van der Waals surface area contributed by atoms with E-state index in [-0.39, 0.29) is 24.8 Å². The summed E-state index contributed by atoms with van der Waals surface area (Å²) in [5.74, 6) is -1.17. The number of aliphatic carboxylic acids is 1. The average molecular weight is 262 g/mol. The molecule has 98 valence electrons. The predicted octanol–water partition coefficient (Wildman–Crippen LogP) is -0.385. The Morgan fingerprint density at radius 3 is 2.41 bits per heavy atom. The maximum Gasteiger partial charge on any atom is 0.305 e. The van der Waals surface area contributed by atoms with E-state index in [9.17, 15) is 14.4 Å². The highest BCUT2D eigenvalue weighted by atomic mass is 32.2. The summed E-state index contributed by atoms with van der Waals surface area (Å²) in [4.78, 5) is 32.9. The Balaban J connectivity index is 4.28. The number of hydrogen-bond acceptors (Lipinski definition) is 5. The molecule has 0 aliphatic rings. The lowest BCUT2D eigenvalue weighted by Crippen LogP contribution is -2.37. The third-order valence-electron chi connectivity index (χ3n) is 1.72. The van der Waals surface area contributed by atoms with Crippen molar-refractivity contribution in [1.29, 1.82) is 0 Å². The summed E-state index contributed by atoms with van der Waals surface area (Å²) in [5.41, 5.74) is 5.54. The molecule has 0 bridgehead atoms. The van der Waals surface area contributed by atoms with Gasteiger partial charge in [-0.25, -0.2) is 0 Å². The number of carboxylic acid groups (broad SMARTS) is 1. The molecule has 0 fully saturated rings. The molecule has 0 radical (unpaired) electrons. The molecule has 0 aliphatic carbocycles.